The number of aromatic nitrogens is 2. The molecule has 1 aromatic heterocycles. The van der Waals surface area contributed by atoms with Crippen molar-refractivity contribution in [3.05, 3.63) is 10.8 Å². The van der Waals surface area contributed by atoms with Crippen molar-refractivity contribution in [3.63, 3.8) is 0 Å². The van der Waals surface area contributed by atoms with Crippen LogP contribution in [0, 0.1) is 23.7 Å². The number of ketones is 1. The summed E-state index contributed by atoms with van der Waals surface area (Å²) in [5.41, 5.74) is 1.08. The van der Waals surface area contributed by atoms with Crippen molar-refractivity contribution >= 4 is 29.1 Å². The first-order chi connectivity index (χ1) is 12.2. The molecule has 6 aliphatic heterocycles. The summed E-state index contributed by atoms with van der Waals surface area (Å²) in [6.45, 7) is 4.87. The fourth-order valence-electron chi connectivity index (χ4n) is 6.86. The third-order valence-corrected chi connectivity index (χ3v) is 8.57. The zero-order valence-electron chi connectivity index (χ0n) is 14.2. The van der Waals surface area contributed by atoms with Crippen molar-refractivity contribution < 1.29 is 4.79 Å². The van der Waals surface area contributed by atoms with Crippen molar-refractivity contribution in [2.24, 2.45) is 23.7 Å². The fourth-order valence-corrected chi connectivity index (χ4v) is 7.67. The minimum absolute atomic E-state index is 0.365. The van der Waals surface area contributed by atoms with Crippen molar-refractivity contribution in [2.45, 2.75) is 43.7 Å². The number of rotatable bonds is 1. The molecule has 134 valence electrons. The van der Waals surface area contributed by atoms with Gasteiger partial charge in [0.1, 0.15) is 0 Å². The summed E-state index contributed by atoms with van der Waals surface area (Å²) in [7, 11) is 0. The Labute approximate surface area is 157 Å². The van der Waals surface area contributed by atoms with Gasteiger partial charge in [-0.3, -0.25) is 14.6 Å². The van der Waals surface area contributed by atoms with Gasteiger partial charge in [-0.1, -0.05) is 11.6 Å². The van der Waals surface area contributed by atoms with Gasteiger partial charge >= 0.3 is 0 Å². The van der Waals surface area contributed by atoms with Gasteiger partial charge in [-0.15, -0.1) is 0 Å². The van der Waals surface area contributed by atoms with E-state index in [0.29, 0.717) is 28.8 Å². The lowest BCUT2D eigenvalue weighted by molar-refractivity contribution is -0.123. The molecule has 1 aromatic rings. The third kappa shape index (κ3) is 2.23. The molecule has 8 bridgehead atoms. The lowest BCUT2D eigenvalue weighted by Gasteiger charge is -2.29. The average molecular weight is 379 g/mol. The molecule has 5 nitrogen and oxygen atoms in total. The Morgan fingerprint density at radius 3 is 2.52 bits per heavy atom. The van der Waals surface area contributed by atoms with Crippen molar-refractivity contribution in [2.75, 3.05) is 26.2 Å². The van der Waals surface area contributed by atoms with E-state index in [4.69, 9.17) is 11.6 Å². The van der Waals surface area contributed by atoms with Crippen LogP contribution in [0.15, 0.2) is 0 Å². The molecule has 9 unspecified atom stereocenters. The van der Waals surface area contributed by atoms with E-state index in [9.17, 15) is 4.79 Å². The summed E-state index contributed by atoms with van der Waals surface area (Å²) in [4.78, 5) is 16.4. The predicted octanol–water partition coefficient (Wildman–Crippen LogP) is 2.28. The molecular formula is C18H23ClN4OS. The normalized spacial score (nSPS) is 50.6. The lowest BCUT2D eigenvalue weighted by atomic mass is 9.74. The van der Waals surface area contributed by atoms with E-state index in [1.54, 1.807) is 0 Å². The van der Waals surface area contributed by atoms with Gasteiger partial charge in [0.25, 0.3) is 0 Å². The second-order valence-corrected chi connectivity index (χ2v) is 9.88. The number of hydrogen-bond donors (Lipinski definition) is 0. The fraction of sp³-hybridized carbons (Fsp3) is 0.833. The molecule has 2 aliphatic carbocycles. The minimum Gasteiger partial charge on any atom is -0.299 e. The van der Waals surface area contributed by atoms with Crippen molar-refractivity contribution in [1.82, 2.24) is 18.5 Å². The summed E-state index contributed by atoms with van der Waals surface area (Å²) in [6.07, 6.45) is 5.11. The van der Waals surface area contributed by atoms with Crippen LogP contribution in [-0.2, 0) is 4.79 Å². The Hall–Kier alpha value is -0.560. The van der Waals surface area contributed by atoms with Crippen LogP contribution < -0.4 is 0 Å². The zero-order chi connectivity index (χ0) is 16.7. The highest BCUT2D eigenvalue weighted by Gasteiger charge is 2.54. The first-order valence-corrected chi connectivity index (χ1v) is 10.8. The molecule has 0 amide bonds. The standard InChI is InChI=1S/C10H12ClN3S.C8H11NO/c11-10-9(12-15-13-10)8-6-1-5-2-7(8)14(3-5)4-6;10-8-6-1-5-2-7(8)9(3-5)4-6/h5-8H,1-4H2;5-7H,1-4H2. The molecule has 0 radical (unpaired) electrons. The van der Waals surface area contributed by atoms with Gasteiger partial charge in [0.2, 0.25) is 0 Å². The summed E-state index contributed by atoms with van der Waals surface area (Å²) in [5, 5.41) is 0.655. The molecule has 0 N–H and O–H groups in total. The van der Waals surface area contributed by atoms with Crippen LogP contribution in [-0.4, -0.2) is 62.6 Å². The van der Waals surface area contributed by atoms with Gasteiger partial charge in [0.15, 0.2) is 10.9 Å². The molecule has 2 saturated carbocycles. The summed E-state index contributed by atoms with van der Waals surface area (Å²) in [5.74, 6) is 4.20. The lowest BCUT2D eigenvalue weighted by Crippen LogP contribution is -2.27. The molecule has 7 heterocycles. The van der Waals surface area contributed by atoms with E-state index in [0.717, 1.165) is 36.0 Å². The van der Waals surface area contributed by atoms with Crippen LogP contribution in [0.2, 0.25) is 5.15 Å². The highest BCUT2D eigenvalue weighted by atomic mass is 35.5. The molecular weight excluding hydrogens is 356 g/mol. The maximum absolute atomic E-state index is 11.4. The van der Waals surface area contributed by atoms with Crippen LogP contribution >= 0.6 is 23.3 Å². The molecule has 9 rings (SSSR count). The largest absolute Gasteiger partial charge is 0.299 e. The van der Waals surface area contributed by atoms with E-state index in [-0.39, 0.29) is 0 Å². The SMILES string of the molecule is Clc1nsnc1C1C2CC3CC1N(C3)C2.O=C1C2CC3CC1N(C3)C2. The number of carbonyl (C=O) groups is 1. The Morgan fingerprint density at radius 1 is 0.960 bits per heavy atom. The molecule has 8 aliphatic rings. The Kier molecular flexibility index (Phi) is 3.39. The van der Waals surface area contributed by atoms with Crippen molar-refractivity contribution in [1.29, 1.82) is 0 Å². The highest BCUT2D eigenvalue weighted by molar-refractivity contribution is 6.99. The average Bonchev–Trinajstić information content (AvgIpc) is 3.33. The quantitative estimate of drug-likeness (QED) is 0.750. The molecule has 25 heavy (non-hydrogen) atoms. The predicted molar refractivity (Wildman–Crippen MR) is 95.8 cm³/mol. The maximum Gasteiger partial charge on any atom is 0.166 e. The third-order valence-electron chi connectivity index (χ3n) is 7.64. The summed E-state index contributed by atoms with van der Waals surface area (Å²) in [6, 6.07) is 1.08. The smallest absolute Gasteiger partial charge is 0.166 e. The molecule has 0 spiro atoms. The Morgan fingerprint density at radius 2 is 1.80 bits per heavy atom. The van der Waals surface area contributed by atoms with E-state index in [2.05, 4.69) is 18.5 Å². The van der Waals surface area contributed by atoms with E-state index in [1.807, 2.05) is 0 Å². The van der Waals surface area contributed by atoms with Gasteiger partial charge in [-0.2, -0.15) is 8.75 Å². The number of nitrogens with zero attached hydrogens (tertiary/aromatic N) is 4. The van der Waals surface area contributed by atoms with Gasteiger partial charge in [0.05, 0.1) is 23.5 Å². The first-order valence-electron chi connectivity index (χ1n) is 9.67. The van der Waals surface area contributed by atoms with Crippen molar-refractivity contribution in [3.8, 4) is 0 Å². The van der Waals surface area contributed by atoms with Crippen LogP contribution in [0.5, 0.6) is 0 Å². The van der Waals surface area contributed by atoms with Gasteiger partial charge in [-0.05, 0) is 43.4 Å². The van der Waals surface area contributed by atoms with Crippen LogP contribution in [0.4, 0.5) is 0 Å². The molecule has 8 fully saturated rings. The molecule has 9 atom stereocenters. The Balaban J connectivity index is 0.000000111. The second kappa shape index (κ2) is 5.47. The van der Waals surface area contributed by atoms with E-state index in [1.165, 1.54) is 57.0 Å². The monoisotopic (exact) mass is 378 g/mol. The maximum atomic E-state index is 11.4. The molecule has 0 aromatic carbocycles. The topological polar surface area (TPSA) is 49.3 Å². The number of carbonyl (C=O) groups excluding carboxylic acids is 1. The van der Waals surface area contributed by atoms with E-state index < -0.39 is 0 Å². The molecule has 7 heteroatoms. The molecule has 6 saturated heterocycles. The van der Waals surface area contributed by atoms with Crippen LogP contribution in [0.25, 0.3) is 0 Å². The number of halogens is 1. The van der Waals surface area contributed by atoms with Gasteiger partial charge in [0, 0.05) is 44.1 Å². The van der Waals surface area contributed by atoms with E-state index >= 15 is 0 Å². The first kappa shape index (κ1) is 15.5. The van der Waals surface area contributed by atoms with Crippen LogP contribution in [0.3, 0.4) is 0 Å². The number of piperidine rings is 2. The summed E-state index contributed by atoms with van der Waals surface area (Å²) >= 11 is 7.37. The highest BCUT2D eigenvalue weighted by Crippen LogP contribution is 2.53. The second-order valence-electron chi connectivity index (χ2n) is 8.99. The number of hydrogen-bond acceptors (Lipinski definition) is 6. The van der Waals surface area contributed by atoms with Gasteiger partial charge < -0.3 is 0 Å². The Bertz CT molecular complexity index is 718. The minimum atomic E-state index is 0.365. The van der Waals surface area contributed by atoms with Crippen LogP contribution in [0.1, 0.15) is 37.3 Å². The zero-order valence-corrected chi connectivity index (χ0v) is 15.8. The number of Topliss-reactive ketones (excluding diaryl/α,β-unsaturated/α-hetero) is 1. The summed E-state index contributed by atoms with van der Waals surface area (Å²) < 4.78 is 8.51. The van der Waals surface area contributed by atoms with Gasteiger partial charge in [-0.25, -0.2) is 0 Å².